The average molecular weight is 776 g/mol. The summed E-state index contributed by atoms with van der Waals surface area (Å²) in [6.07, 6.45) is -3.80. The lowest BCUT2D eigenvalue weighted by Gasteiger charge is -2.35. The molecule has 0 unspecified atom stereocenters. The minimum Gasteiger partial charge on any atom is -0.390 e. The average Bonchev–Trinajstić information content (AvgIpc) is 4.07. The van der Waals surface area contributed by atoms with Gasteiger partial charge in [0, 0.05) is 23.1 Å². The Morgan fingerprint density at radius 3 is 2.04 bits per heavy atom. The molecule has 4 aliphatic rings. The van der Waals surface area contributed by atoms with Crippen LogP contribution in [-0.2, 0) is 29.2 Å². The van der Waals surface area contributed by atoms with Crippen molar-refractivity contribution in [1.82, 2.24) is 20.3 Å². The third kappa shape index (κ3) is 7.64. The first-order valence-electron chi connectivity index (χ1n) is 18.3. The number of halogens is 2. The highest BCUT2D eigenvalue weighted by molar-refractivity contribution is 7.91. The maximum atomic E-state index is 14.5. The summed E-state index contributed by atoms with van der Waals surface area (Å²) in [5, 5.41) is 9.26. The zero-order valence-corrected chi connectivity index (χ0v) is 31.4. The van der Waals surface area contributed by atoms with E-state index in [0.29, 0.717) is 24.1 Å². The number of Topliss-reactive ketones (excluding diaryl/α,β-unsaturated/α-hetero) is 1. The van der Waals surface area contributed by atoms with E-state index in [0.717, 1.165) is 22.3 Å². The SMILES string of the molecule is CC(C)(C)[C@H](NCC(=O)c1ccccc1)C(=O)N1C[C@H](ON=C2c3ccccc3-c3ccccc32)C[C@H]1C(=O)N[C@@]1(C(=O)NS(=O)(=O)C2CC2)C[C@H]1C(F)F. The lowest BCUT2D eigenvalue weighted by Crippen LogP contribution is -2.60. The van der Waals surface area contributed by atoms with Gasteiger partial charge in [-0.1, -0.05) is 105 Å². The largest absolute Gasteiger partial charge is 0.390 e. The second-order valence-electron chi connectivity index (χ2n) is 15.8. The molecule has 0 radical (unpaired) electrons. The fourth-order valence-electron chi connectivity index (χ4n) is 7.47. The van der Waals surface area contributed by atoms with Crippen molar-refractivity contribution in [3.63, 3.8) is 0 Å². The number of hydrogen-bond acceptors (Lipinski definition) is 9. The van der Waals surface area contributed by atoms with Crippen LogP contribution in [0.4, 0.5) is 8.78 Å². The number of amides is 3. The molecule has 0 bridgehead atoms. The maximum absolute atomic E-state index is 14.5. The predicted molar refractivity (Wildman–Crippen MR) is 200 cm³/mol. The van der Waals surface area contributed by atoms with Crippen LogP contribution in [0.1, 0.15) is 67.9 Å². The van der Waals surface area contributed by atoms with Crippen LogP contribution in [0.2, 0.25) is 0 Å². The molecule has 3 aromatic carbocycles. The van der Waals surface area contributed by atoms with Crippen molar-refractivity contribution in [2.45, 2.75) is 81.9 Å². The molecule has 0 spiro atoms. The van der Waals surface area contributed by atoms with E-state index >= 15 is 0 Å². The number of likely N-dealkylation sites (tertiary alicyclic amines) is 1. The molecule has 2 saturated carbocycles. The summed E-state index contributed by atoms with van der Waals surface area (Å²) >= 11 is 0. The van der Waals surface area contributed by atoms with Crippen LogP contribution in [0.3, 0.4) is 0 Å². The Morgan fingerprint density at radius 1 is 0.909 bits per heavy atom. The smallest absolute Gasteiger partial charge is 0.259 e. The maximum Gasteiger partial charge on any atom is 0.259 e. The quantitative estimate of drug-likeness (QED) is 0.135. The molecule has 3 amide bonds. The third-order valence-electron chi connectivity index (χ3n) is 10.7. The number of benzene rings is 3. The Labute approximate surface area is 318 Å². The zero-order valence-electron chi connectivity index (χ0n) is 30.6. The number of nitrogens with zero attached hydrogens (tertiary/aromatic N) is 2. The number of carbonyl (C=O) groups excluding carboxylic acids is 4. The number of sulfonamides is 1. The van der Waals surface area contributed by atoms with Crippen LogP contribution in [0, 0.1) is 11.3 Å². The first-order chi connectivity index (χ1) is 26.1. The van der Waals surface area contributed by atoms with E-state index in [-0.39, 0.29) is 25.3 Å². The first-order valence-corrected chi connectivity index (χ1v) is 19.9. The number of ketones is 1. The number of oxime groups is 1. The van der Waals surface area contributed by atoms with Gasteiger partial charge in [-0.15, -0.1) is 0 Å². The van der Waals surface area contributed by atoms with Crippen molar-refractivity contribution < 1.29 is 41.2 Å². The number of rotatable bonds is 13. The van der Waals surface area contributed by atoms with Crippen molar-refractivity contribution in [3.05, 3.63) is 95.6 Å². The van der Waals surface area contributed by atoms with Crippen LogP contribution in [0.15, 0.2) is 84.0 Å². The molecule has 12 nitrogen and oxygen atoms in total. The van der Waals surface area contributed by atoms with Crippen molar-refractivity contribution in [3.8, 4) is 11.1 Å². The number of carbonyl (C=O) groups is 4. The molecule has 55 heavy (non-hydrogen) atoms. The van der Waals surface area contributed by atoms with Crippen molar-refractivity contribution in [2.75, 3.05) is 13.1 Å². The number of alkyl halides is 2. The highest BCUT2D eigenvalue weighted by Crippen LogP contribution is 2.48. The third-order valence-corrected chi connectivity index (χ3v) is 12.6. The van der Waals surface area contributed by atoms with Gasteiger partial charge in [0.05, 0.1) is 30.3 Å². The molecule has 7 rings (SSSR count). The molecule has 15 heteroatoms. The minimum absolute atomic E-state index is 0.116. The van der Waals surface area contributed by atoms with Crippen molar-refractivity contribution in [2.24, 2.45) is 16.5 Å². The fraction of sp³-hybridized carbons (Fsp3) is 0.425. The molecular weight excluding hydrogens is 733 g/mol. The van der Waals surface area contributed by atoms with Gasteiger partial charge in [0.25, 0.3) is 5.91 Å². The van der Waals surface area contributed by atoms with Crippen LogP contribution < -0.4 is 15.4 Å². The molecule has 3 aromatic rings. The highest BCUT2D eigenvalue weighted by atomic mass is 32.2. The Kier molecular flexibility index (Phi) is 10.1. The van der Waals surface area contributed by atoms with Gasteiger partial charge in [-0.25, -0.2) is 17.2 Å². The molecule has 5 atom stereocenters. The minimum atomic E-state index is -4.12. The second-order valence-corrected chi connectivity index (χ2v) is 17.7. The summed E-state index contributed by atoms with van der Waals surface area (Å²) in [6.45, 7) is 5.07. The Hall–Kier alpha value is -5.02. The molecule has 1 aliphatic heterocycles. The van der Waals surface area contributed by atoms with E-state index in [1.165, 1.54) is 4.90 Å². The highest BCUT2D eigenvalue weighted by Gasteiger charge is 2.66. The predicted octanol–water partition coefficient (Wildman–Crippen LogP) is 4.04. The summed E-state index contributed by atoms with van der Waals surface area (Å²) in [7, 11) is -4.12. The molecule has 1 saturated heterocycles. The van der Waals surface area contributed by atoms with Gasteiger partial charge in [-0.05, 0) is 35.8 Å². The summed E-state index contributed by atoms with van der Waals surface area (Å²) < 4.78 is 55.4. The van der Waals surface area contributed by atoms with Gasteiger partial charge in [-0.3, -0.25) is 29.2 Å². The lowest BCUT2D eigenvalue weighted by atomic mass is 9.85. The summed E-state index contributed by atoms with van der Waals surface area (Å²) in [5.41, 5.74) is 1.65. The Bertz CT molecular complexity index is 2110. The van der Waals surface area contributed by atoms with Gasteiger partial charge in [-0.2, -0.15) is 0 Å². The summed E-state index contributed by atoms with van der Waals surface area (Å²) in [6, 6.07) is 21.6. The van der Waals surface area contributed by atoms with Crippen molar-refractivity contribution in [1.29, 1.82) is 0 Å². The molecule has 1 heterocycles. The molecule has 290 valence electrons. The van der Waals surface area contributed by atoms with Crippen LogP contribution in [0.5, 0.6) is 0 Å². The van der Waals surface area contributed by atoms with E-state index in [1.54, 1.807) is 51.1 Å². The van der Waals surface area contributed by atoms with Crippen LogP contribution in [-0.4, -0.2) is 91.0 Å². The molecule has 0 aromatic heterocycles. The van der Waals surface area contributed by atoms with Gasteiger partial charge < -0.3 is 15.1 Å². The zero-order chi connectivity index (χ0) is 39.3. The standard InChI is InChI=1S/C40H43F2N5O7S/c1-39(2,3)34(43-21-32(48)23-11-5-4-6-12-23)37(50)47-22-24(54-45-33-28-15-9-7-13-26(28)27-14-8-10-16-29(27)33)19-31(47)36(49)44-40(20-30(40)35(41)42)38(51)46-55(52,53)25-17-18-25/h4-16,24-25,30-31,34-35,43H,17-22H2,1-3H3,(H,44,49)(H,46,51)/t24-,30+,31+,34-,40+/m1/s1. The summed E-state index contributed by atoms with van der Waals surface area (Å²) in [5.74, 6) is -4.60. The van der Waals surface area contributed by atoms with Gasteiger partial charge in [0.2, 0.25) is 28.3 Å². The van der Waals surface area contributed by atoms with E-state index in [9.17, 15) is 36.4 Å². The molecule has 3 N–H and O–H groups in total. The number of hydrogen-bond donors (Lipinski definition) is 3. The van der Waals surface area contributed by atoms with Gasteiger partial charge in [0.15, 0.2) is 5.78 Å². The summed E-state index contributed by atoms with van der Waals surface area (Å²) in [4.78, 5) is 62.6. The molecule has 3 aliphatic carbocycles. The van der Waals surface area contributed by atoms with E-state index in [1.807, 2.05) is 53.3 Å². The van der Waals surface area contributed by atoms with E-state index in [2.05, 4.69) is 15.8 Å². The number of nitrogens with one attached hydrogen (secondary N) is 3. The number of fused-ring (bicyclic) bond motifs is 3. The van der Waals surface area contributed by atoms with E-state index in [4.69, 9.17) is 4.84 Å². The van der Waals surface area contributed by atoms with Crippen LogP contribution in [0.25, 0.3) is 11.1 Å². The Morgan fingerprint density at radius 2 is 1.49 bits per heavy atom. The normalized spacial score (nSPS) is 23.4. The van der Waals surface area contributed by atoms with E-state index < -0.39 is 80.9 Å². The fourth-order valence-corrected chi connectivity index (χ4v) is 8.84. The second kappa shape index (κ2) is 14.6. The van der Waals surface area contributed by atoms with Gasteiger partial charge in [0.1, 0.15) is 23.4 Å². The van der Waals surface area contributed by atoms with Crippen molar-refractivity contribution >= 4 is 39.2 Å². The lowest BCUT2D eigenvalue weighted by molar-refractivity contribution is -0.143. The van der Waals surface area contributed by atoms with Gasteiger partial charge >= 0.3 is 0 Å². The van der Waals surface area contributed by atoms with Crippen LogP contribution >= 0.6 is 0 Å². The molecule has 3 fully saturated rings. The molecular formula is C40H43F2N5O7S. The first kappa shape index (κ1) is 38.3. The topological polar surface area (TPSA) is 163 Å². The Balaban J connectivity index is 1.17. The monoisotopic (exact) mass is 775 g/mol.